The number of aliphatic hydroxyl groups is 1. The summed E-state index contributed by atoms with van der Waals surface area (Å²) < 4.78 is 6.23. The highest BCUT2D eigenvalue weighted by Gasteiger charge is 2.21. The number of carbonyl (C=O) groups excluding carboxylic acids is 1. The summed E-state index contributed by atoms with van der Waals surface area (Å²) in [5, 5.41) is 12.9. The third kappa shape index (κ3) is 4.41. The number of esters is 1. The molecule has 0 spiro atoms. The number of hydrogen-bond donors (Lipinski definition) is 2. The van der Waals surface area contributed by atoms with E-state index in [0.717, 1.165) is 11.1 Å². The molecule has 2 atom stereocenters. The first-order valence-electron chi connectivity index (χ1n) is 9.65. The Bertz CT molecular complexity index is 1080. The fourth-order valence-electron chi connectivity index (χ4n) is 3.28. The molecule has 3 aromatic rings. The van der Waals surface area contributed by atoms with E-state index in [2.05, 4.69) is 10.3 Å². The van der Waals surface area contributed by atoms with Gasteiger partial charge in [-0.05, 0) is 30.2 Å². The molecule has 7 heteroatoms. The van der Waals surface area contributed by atoms with E-state index in [1.807, 2.05) is 44.2 Å². The number of rotatable bonds is 7. The van der Waals surface area contributed by atoms with E-state index in [1.54, 1.807) is 24.4 Å². The Kier molecular flexibility index (Phi) is 6.64. The zero-order chi connectivity index (χ0) is 21.7. The fraction of sp³-hybridized carbons (Fsp3) is 0.261. The highest BCUT2D eigenvalue weighted by Crippen LogP contribution is 2.25. The molecule has 0 saturated heterocycles. The van der Waals surface area contributed by atoms with Gasteiger partial charge in [0.05, 0.1) is 24.4 Å². The van der Waals surface area contributed by atoms with Crippen LogP contribution in [0.4, 0.5) is 5.82 Å². The maximum absolute atomic E-state index is 13.2. The van der Waals surface area contributed by atoms with Crippen LogP contribution in [0.3, 0.4) is 0 Å². The van der Waals surface area contributed by atoms with Crippen LogP contribution in [0.25, 0.3) is 5.69 Å². The van der Waals surface area contributed by atoms with Crippen LogP contribution in [0.1, 0.15) is 34.5 Å². The van der Waals surface area contributed by atoms with E-state index in [9.17, 15) is 14.7 Å². The van der Waals surface area contributed by atoms with Gasteiger partial charge in [0.1, 0.15) is 0 Å². The van der Waals surface area contributed by atoms with Crippen LogP contribution >= 0.6 is 0 Å². The van der Waals surface area contributed by atoms with Crippen molar-refractivity contribution in [2.45, 2.75) is 19.9 Å². The van der Waals surface area contributed by atoms with Gasteiger partial charge in [-0.3, -0.25) is 9.36 Å². The number of nitrogens with one attached hydrogen (secondary N) is 1. The van der Waals surface area contributed by atoms with Crippen LogP contribution in [0, 0.1) is 12.8 Å². The van der Waals surface area contributed by atoms with Gasteiger partial charge in [0, 0.05) is 24.9 Å². The molecule has 0 aliphatic heterocycles. The summed E-state index contributed by atoms with van der Waals surface area (Å²) in [6.07, 6.45) is 3.09. The van der Waals surface area contributed by atoms with Crippen molar-refractivity contribution in [3.63, 3.8) is 0 Å². The van der Waals surface area contributed by atoms with Crippen molar-refractivity contribution < 1.29 is 14.6 Å². The average Bonchev–Trinajstić information content (AvgIpc) is 2.78. The number of aryl methyl sites for hydroxylation is 1. The van der Waals surface area contributed by atoms with E-state index in [0.29, 0.717) is 11.3 Å². The smallest absolute Gasteiger partial charge is 0.337 e. The molecule has 0 amide bonds. The first-order valence-corrected chi connectivity index (χ1v) is 9.65. The Morgan fingerprint density at radius 1 is 1.23 bits per heavy atom. The summed E-state index contributed by atoms with van der Waals surface area (Å²) in [6, 6.07) is 14.4. The molecule has 3 rings (SSSR count). The summed E-state index contributed by atoms with van der Waals surface area (Å²) in [5.41, 5.74) is 2.34. The van der Waals surface area contributed by atoms with E-state index in [-0.39, 0.29) is 29.9 Å². The first kappa shape index (κ1) is 21.3. The van der Waals surface area contributed by atoms with E-state index < -0.39 is 5.97 Å². The largest absolute Gasteiger partial charge is 0.465 e. The lowest BCUT2D eigenvalue weighted by molar-refractivity contribution is 0.0600. The van der Waals surface area contributed by atoms with Gasteiger partial charge in [-0.2, -0.15) is 0 Å². The van der Waals surface area contributed by atoms with Gasteiger partial charge in [0.25, 0.3) is 5.56 Å². The maximum atomic E-state index is 13.2. The second-order valence-corrected chi connectivity index (χ2v) is 7.14. The van der Waals surface area contributed by atoms with Crippen molar-refractivity contribution in [2.24, 2.45) is 5.92 Å². The van der Waals surface area contributed by atoms with Crippen LogP contribution in [0.15, 0.2) is 65.7 Å². The molecule has 0 radical (unpaired) electrons. The lowest BCUT2D eigenvalue weighted by atomic mass is 9.95. The molecular formula is C23H25N3O4. The predicted octanol–water partition coefficient (Wildman–Crippen LogP) is 3.11. The predicted molar refractivity (Wildman–Crippen MR) is 115 cm³/mol. The second-order valence-electron chi connectivity index (χ2n) is 7.14. The van der Waals surface area contributed by atoms with Crippen molar-refractivity contribution in [3.8, 4) is 5.69 Å². The molecule has 0 bridgehead atoms. The number of aromatic nitrogens is 2. The number of hydrogen-bond acceptors (Lipinski definition) is 6. The van der Waals surface area contributed by atoms with E-state index in [1.165, 1.54) is 17.9 Å². The summed E-state index contributed by atoms with van der Waals surface area (Å²) >= 11 is 0. The Balaban J connectivity index is 2.03. The number of nitrogens with zero attached hydrogens (tertiary/aromatic N) is 2. The normalized spacial score (nSPS) is 12.8. The molecule has 1 aromatic heterocycles. The standard InChI is InChI=1S/C23H25N3O4/c1-15-9-10-18(23(29)30-3)13-19(15)26-12-11-24-21(22(26)28)25-20(16(2)14-27)17-7-5-4-6-8-17/h4-13,16,20,27H,14H2,1-3H3,(H,24,25)/t16-,20+/m0/s1. The van der Waals surface area contributed by atoms with Crippen LogP contribution < -0.4 is 10.9 Å². The third-order valence-corrected chi connectivity index (χ3v) is 5.04. The van der Waals surface area contributed by atoms with Gasteiger partial charge < -0.3 is 15.2 Å². The molecule has 30 heavy (non-hydrogen) atoms. The molecule has 2 N–H and O–H groups in total. The minimum absolute atomic E-state index is 0.0478. The Morgan fingerprint density at radius 3 is 2.63 bits per heavy atom. The average molecular weight is 407 g/mol. The van der Waals surface area contributed by atoms with Gasteiger partial charge in [0.15, 0.2) is 5.82 Å². The Labute approximate surface area is 175 Å². The summed E-state index contributed by atoms with van der Waals surface area (Å²) in [6.45, 7) is 3.71. The Hall–Kier alpha value is -3.45. The molecule has 0 aliphatic rings. The van der Waals surface area contributed by atoms with Crippen LogP contribution in [0.5, 0.6) is 0 Å². The lowest BCUT2D eigenvalue weighted by Crippen LogP contribution is -2.29. The molecule has 0 saturated carbocycles. The molecular weight excluding hydrogens is 382 g/mol. The van der Waals surface area contributed by atoms with Crippen LogP contribution in [0.2, 0.25) is 0 Å². The highest BCUT2D eigenvalue weighted by atomic mass is 16.5. The van der Waals surface area contributed by atoms with Gasteiger partial charge in [-0.1, -0.05) is 43.3 Å². The summed E-state index contributed by atoms with van der Waals surface area (Å²) in [5.74, 6) is -0.459. The van der Waals surface area contributed by atoms with E-state index in [4.69, 9.17) is 4.74 Å². The monoisotopic (exact) mass is 407 g/mol. The highest BCUT2D eigenvalue weighted by molar-refractivity contribution is 5.90. The molecule has 1 heterocycles. The van der Waals surface area contributed by atoms with Crippen LogP contribution in [-0.4, -0.2) is 34.3 Å². The molecule has 7 nitrogen and oxygen atoms in total. The number of carbonyl (C=O) groups is 1. The minimum Gasteiger partial charge on any atom is -0.465 e. The van der Waals surface area contributed by atoms with Crippen molar-refractivity contribution in [2.75, 3.05) is 19.0 Å². The number of benzene rings is 2. The molecule has 156 valence electrons. The quantitative estimate of drug-likeness (QED) is 0.585. The Morgan fingerprint density at radius 2 is 1.97 bits per heavy atom. The molecule has 0 unspecified atom stereocenters. The third-order valence-electron chi connectivity index (χ3n) is 5.04. The lowest BCUT2D eigenvalue weighted by Gasteiger charge is -2.24. The summed E-state index contributed by atoms with van der Waals surface area (Å²) in [7, 11) is 1.31. The SMILES string of the molecule is COC(=O)c1ccc(C)c(-n2ccnc(N[C@@H](c3ccccc3)[C@@H](C)CO)c2=O)c1. The first-order chi connectivity index (χ1) is 14.5. The van der Waals surface area contributed by atoms with Gasteiger partial charge in [-0.25, -0.2) is 9.78 Å². The molecule has 0 fully saturated rings. The number of aliphatic hydroxyl groups excluding tert-OH is 1. The van der Waals surface area contributed by atoms with Crippen molar-refractivity contribution in [3.05, 3.63) is 88.0 Å². The zero-order valence-electron chi connectivity index (χ0n) is 17.2. The minimum atomic E-state index is -0.474. The van der Waals surface area contributed by atoms with Gasteiger partial charge in [0.2, 0.25) is 0 Å². The van der Waals surface area contributed by atoms with Crippen molar-refractivity contribution in [1.82, 2.24) is 9.55 Å². The zero-order valence-corrected chi connectivity index (χ0v) is 17.2. The summed E-state index contributed by atoms with van der Waals surface area (Å²) in [4.78, 5) is 29.4. The van der Waals surface area contributed by atoms with Crippen molar-refractivity contribution in [1.29, 1.82) is 0 Å². The topological polar surface area (TPSA) is 93.5 Å². The molecule has 2 aromatic carbocycles. The number of anilines is 1. The van der Waals surface area contributed by atoms with Crippen LogP contribution in [-0.2, 0) is 4.74 Å². The van der Waals surface area contributed by atoms with E-state index >= 15 is 0 Å². The maximum Gasteiger partial charge on any atom is 0.337 e. The molecule has 0 aliphatic carbocycles. The van der Waals surface area contributed by atoms with Gasteiger partial charge in [-0.15, -0.1) is 0 Å². The number of methoxy groups -OCH3 is 1. The number of ether oxygens (including phenoxy) is 1. The second kappa shape index (κ2) is 9.37. The van der Waals surface area contributed by atoms with Crippen molar-refractivity contribution >= 4 is 11.8 Å². The van der Waals surface area contributed by atoms with Gasteiger partial charge >= 0.3 is 5.97 Å². The fourth-order valence-corrected chi connectivity index (χ4v) is 3.28.